The zero-order chi connectivity index (χ0) is 91.4. The number of nitrogens with two attached hydrogens (primary N) is 1. The fourth-order valence-electron chi connectivity index (χ4n) is 18.5. The summed E-state index contributed by atoms with van der Waals surface area (Å²) in [6.45, 7) is 27.7. The van der Waals surface area contributed by atoms with Crippen molar-refractivity contribution in [2.24, 2.45) is 58.1 Å². The number of hydrogen-bond acceptors (Lipinski definition) is 17. The highest BCUT2D eigenvalue weighted by Gasteiger charge is 2.39. The van der Waals surface area contributed by atoms with Crippen molar-refractivity contribution in [3.05, 3.63) is 202 Å². The molecule has 4 atom stereocenters. The first-order valence-corrected chi connectivity index (χ1v) is 46.8. The normalized spacial score (nSPS) is 19.5. The highest BCUT2D eigenvalue weighted by atomic mass is 35.5. The van der Waals surface area contributed by atoms with Gasteiger partial charge in [-0.15, -0.1) is 0 Å². The standard InChI is InChI=1S/C26H33ClN4O2.C24H37N3O3.C19H29N3O.C13H17NO4.C11H22N2.C7H4ClNO/c1-30-15-11-19(12-16-30)20-13-17-31(18-14-20)25(32)24(21-5-3-2-4-6-21)29-26(33)28-23-9-7-22(27)8-10-23;1-24(2,3)30-23(29)25-21(20-8-6-5-7-9-20)22(28)27-16-12-19(13-17-27)18-10-14-26(4)15-11-18;1-21-11-7-15(8-12-21)16-9-13-22(14-10-16)19(23)18(20)17-5-3-2-4-6-17;1-13(2,3)18-12(17)14-10(11(15)16)9-7-5-4-6-8-9;1-13-8-4-11(5-9-13)10-2-6-12-7-3-10;8-6-1-3-7(4-2-6)9-5-10/h2-10,19-20,24H,11-18H2,1H3,(H2,28,29,33);5-9,18-19,21H,10-17H2,1-4H3,(H,25,29);2-6,15-16,18H,7-14,20H2,1H3;4-8,10H,1-3H3,(H,14,17)(H,15,16);10-12H,2-9H2,1H3;1-4H/t24-;21-;18-;10-;;/m1111../s1. The largest absolute Gasteiger partial charge is 0.479 e. The van der Waals surface area contributed by atoms with Gasteiger partial charge < -0.3 is 81.2 Å². The molecule has 0 aliphatic carbocycles. The van der Waals surface area contributed by atoms with E-state index < -0.39 is 59.6 Å². The molecule has 127 heavy (non-hydrogen) atoms. The molecule has 14 rings (SSSR count). The Morgan fingerprint density at radius 1 is 0.394 bits per heavy atom. The van der Waals surface area contributed by atoms with Gasteiger partial charge in [0, 0.05) is 55.0 Å². The first kappa shape index (κ1) is 101. The van der Waals surface area contributed by atoms with Gasteiger partial charge in [-0.3, -0.25) is 14.4 Å². The number of isocyanates is 1. The minimum Gasteiger partial charge on any atom is -0.479 e. The van der Waals surface area contributed by atoms with Gasteiger partial charge in [-0.2, -0.15) is 4.99 Å². The lowest BCUT2D eigenvalue weighted by molar-refractivity contribution is -0.140. The molecule has 8 fully saturated rings. The molecule has 8 saturated heterocycles. The number of anilines is 1. The van der Waals surface area contributed by atoms with Crippen molar-refractivity contribution < 1.29 is 52.9 Å². The summed E-state index contributed by atoms with van der Waals surface area (Å²) in [4.78, 5) is 116. The lowest BCUT2D eigenvalue weighted by atomic mass is 9.79. The van der Waals surface area contributed by atoms with Crippen LogP contribution in [0.5, 0.6) is 0 Å². The highest BCUT2D eigenvalue weighted by Crippen LogP contribution is 2.38. The number of carbonyl (C=O) groups excluding carboxylic acids is 7. The number of benzene rings is 6. The molecule has 8 aliphatic rings. The number of likely N-dealkylation sites (tertiary alicyclic amines) is 7. The Hall–Kier alpha value is -9.27. The molecule has 0 radical (unpaired) electrons. The second kappa shape index (κ2) is 51.8. The molecular weight excluding hydrogens is 1640 g/mol. The van der Waals surface area contributed by atoms with Gasteiger partial charge in [0.15, 0.2) is 6.04 Å². The summed E-state index contributed by atoms with van der Waals surface area (Å²) in [5.41, 5.74) is 9.06. The number of aliphatic carboxylic acids is 1. The van der Waals surface area contributed by atoms with E-state index in [2.05, 4.69) is 79.4 Å². The van der Waals surface area contributed by atoms with Crippen molar-refractivity contribution in [1.29, 1.82) is 0 Å². The number of alkyl carbamates (subject to hydrolysis) is 2. The number of carbonyl (C=O) groups is 7. The van der Waals surface area contributed by atoms with Crippen LogP contribution < -0.4 is 32.3 Å². The van der Waals surface area contributed by atoms with Gasteiger partial charge in [-0.1, -0.05) is 145 Å². The van der Waals surface area contributed by atoms with Crippen LogP contribution in [-0.4, -0.2) is 232 Å². The van der Waals surface area contributed by atoms with Gasteiger partial charge in [0.2, 0.25) is 23.8 Å². The summed E-state index contributed by atoms with van der Waals surface area (Å²) in [7, 11) is 8.84. The number of rotatable bonds is 17. The molecule has 0 saturated carbocycles. The number of urea groups is 1. The average Bonchev–Trinajstić information content (AvgIpc) is 0.824. The average molecular weight is 1790 g/mol. The van der Waals surface area contributed by atoms with Crippen LogP contribution in [0, 0.1) is 47.3 Å². The van der Waals surface area contributed by atoms with E-state index in [0.717, 1.165) is 130 Å². The van der Waals surface area contributed by atoms with Crippen molar-refractivity contribution >= 4 is 82.6 Å². The van der Waals surface area contributed by atoms with E-state index in [1.807, 2.05) is 126 Å². The second-order valence-electron chi connectivity index (χ2n) is 37.5. The molecule has 0 spiro atoms. The quantitative estimate of drug-likeness (QED) is 0.0330. The van der Waals surface area contributed by atoms with E-state index in [0.29, 0.717) is 38.8 Å². The molecule has 6 aromatic carbocycles. The number of ether oxygens (including phenoxy) is 2. The molecule has 0 bridgehead atoms. The summed E-state index contributed by atoms with van der Waals surface area (Å²) in [5.74, 6) is 5.53. The van der Waals surface area contributed by atoms with E-state index in [9.17, 15) is 38.4 Å². The number of nitrogens with zero attached hydrogens (tertiary/aromatic N) is 8. The number of carboxylic acids is 1. The SMILES string of the molecule is CC(C)(C)OC(=O)N[C@@H](C(=O)O)c1ccccc1.CN1CCC(C2CCN(C(=O)[C@H](N)c3ccccc3)CC2)CC1.CN1CCC(C2CCN(C(=O)[C@H](NC(=O)Nc3ccc(Cl)cc3)c3ccccc3)CC2)CC1.CN1CCC(C2CCN(C(=O)[C@H](NC(=O)OC(C)(C)C)c3ccccc3)CC2)CC1.CN1CCC(C2CCNCC2)CC1.O=C=Nc1ccc(Cl)cc1. The van der Waals surface area contributed by atoms with Crippen molar-refractivity contribution in [3.8, 4) is 0 Å². The summed E-state index contributed by atoms with van der Waals surface area (Å²) in [6, 6.07) is 47.1. The molecule has 27 heteroatoms. The Morgan fingerprint density at radius 2 is 0.669 bits per heavy atom. The van der Waals surface area contributed by atoms with Crippen LogP contribution in [0.4, 0.5) is 25.8 Å². The Balaban J connectivity index is 0.000000179. The minimum absolute atomic E-state index is 0.0470. The molecular formula is C100H142Cl2N14O11. The monoisotopic (exact) mass is 1790 g/mol. The van der Waals surface area contributed by atoms with E-state index in [-0.39, 0.29) is 17.7 Å². The van der Waals surface area contributed by atoms with Crippen molar-refractivity contribution in [3.63, 3.8) is 0 Å². The maximum absolute atomic E-state index is 13.5. The number of amides is 7. The van der Waals surface area contributed by atoms with Gasteiger partial charge in [-0.25, -0.2) is 24.0 Å². The maximum atomic E-state index is 13.5. The third-order valence-corrected chi connectivity index (χ3v) is 26.4. The van der Waals surface area contributed by atoms with E-state index in [1.165, 1.54) is 136 Å². The van der Waals surface area contributed by atoms with Crippen LogP contribution in [0.25, 0.3) is 0 Å². The molecule has 692 valence electrons. The van der Waals surface area contributed by atoms with E-state index >= 15 is 0 Å². The predicted molar refractivity (Wildman–Crippen MR) is 505 cm³/mol. The van der Waals surface area contributed by atoms with E-state index in [1.54, 1.807) is 99.6 Å². The lowest BCUT2D eigenvalue weighted by Gasteiger charge is -2.40. The number of aliphatic imine (C=N–C) groups is 1. The first-order chi connectivity index (χ1) is 60.8. The van der Waals surface area contributed by atoms with Gasteiger partial charge in [0.25, 0.3) is 0 Å². The Kier molecular flexibility index (Phi) is 41.4. The van der Waals surface area contributed by atoms with Crippen LogP contribution in [0.1, 0.15) is 191 Å². The van der Waals surface area contributed by atoms with Crippen molar-refractivity contribution in [2.75, 3.05) is 138 Å². The number of piperidine rings is 8. The highest BCUT2D eigenvalue weighted by molar-refractivity contribution is 6.31. The Bertz CT molecular complexity index is 4320. The molecule has 8 N–H and O–H groups in total. The van der Waals surface area contributed by atoms with Crippen LogP contribution >= 0.6 is 23.2 Å². The van der Waals surface area contributed by atoms with Crippen molar-refractivity contribution in [2.45, 2.75) is 180 Å². The summed E-state index contributed by atoms with van der Waals surface area (Å²) in [5, 5.41) is 24.6. The van der Waals surface area contributed by atoms with Crippen LogP contribution in [0.2, 0.25) is 10.0 Å². The molecule has 0 unspecified atom stereocenters. The summed E-state index contributed by atoms with van der Waals surface area (Å²) < 4.78 is 10.4. The maximum Gasteiger partial charge on any atom is 0.408 e. The zero-order valence-corrected chi connectivity index (χ0v) is 78.2. The fourth-order valence-corrected chi connectivity index (χ4v) is 18.8. The summed E-state index contributed by atoms with van der Waals surface area (Å²) in [6.07, 6.45) is 20.0. The number of hydrogen-bond donors (Lipinski definition) is 7. The van der Waals surface area contributed by atoms with Gasteiger partial charge in [-0.05, 0) is 356 Å². The molecule has 6 aromatic rings. The number of nitrogens with one attached hydrogen (secondary N) is 5. The molecule has 8 aliphatic heterocycles. The lowest BCUT2D eigenvalue weighted by Crippen LogP contribution is -2.48. The summed E-state index contributed by atoms with van der Waals surface area (Å²) >= 11 is 11.5. The topological polar surface area (TPSA) is 296 Å². The van der Waals surface area contributed by atoms with Gasteiger partial charge in [0.05, 0.1) is 5.69 Å². The Labute approximate surface area is 764 Å². The second-order valence-corrected chi connectivity index (χ2v) is 38.3. The van der Waals surface area contributed by atoms with Crippen LogP contribution in [0.3, 0.4) is 0 Å². The van der Waals surface area contributed by atoms with Gasteiger partial charge in [0.1, 0.15) is 29.3 Å². The Morgan fingerprint density at radius 3 is 0.984 bits per heavy atom. The third-order valence-electron chi connectivity index (χ3n) is 25.9. The third kappa shape index (κ3) is 34.9. The zero-order valence-electron chi connectivity index (χ0n) is 76.7. The van der Waals surface area contributed by atoms with Gasteiger partial charge >= 0.3 is 24.2 Å². The van der Waals surface area contributed by atoms with Crippen LogP contribution in [0.15, 0.2) is 175 Å². The molecule has 0 aromatic heterocycles. The van der Waals surface area contributed by atoms with E-state index in [4.69, 9.17) is 43.5 Å². The van der Waals surface area contributed by atoms with Crippen LogP contribution in [-0.2, 0) is 33.4 Å². The number of carboxylic acid groups (broad SMARTS) is 1. The fraction of sp³-hybridized carbons (Fsp3) is 0.560. The smallest absolute Gasteiger partial charge is 0.408 e. The molecule has 8 heterocycles. The van der Waals surface area contributed by atoms with Crippen molar-refractivity contribution in [1.82, 2.24) is 55.6 Å². The number of halogens is 2. The molecule has 25 nitrogen and oxygen atoms in total. The molecule has 7 amide bonds. The first-order valence-electron chi connectivity index (χ1n) is 46.0. The predicted octanol–water partition coefficient (Wildman–Crippen LogP) is 16.9. The minimum atomic E-state index is -1.13.